The lowest BCUT2D eigenvalue weighted by molar-refractivity contribution is 0.828. The van der Waals surface area contributed by atoms with E-state index in [4.69, 9.17) is 0 Å². The van der Waals surface area contributed by atoms with Gasteiger partial charge in [0.05, 0.1) is 11.1 Å². The third-order valence-corrected chi connectivity index (χ3v) is 2.23. The van der Waals surface area contributed by atoms with E-state index < -0.39 is 0 Å². The number of fused-ring (bicyclic) bond motifs is 1. The zero-order valence-electron chi connectivity index (χ0n) is 5.19. The first-order chi connectivity index (χ1) is 4.97. The second-order valence-corrected chi connectivity index (χ2v) is 2.96. The highest BCUT2D eigenvalue weighted by Crippen LogP contribution is 2.24. The largest absolute Gasteiger partial charge is 0.138 e. The van der Waals surface area contributed by atoms with Crippen LogP contribution in [0.4, 0.5) is 0 Å². The van der Waals surface area contributed by atoms with Crippen molar-refractivity contribution in [3.05, 3.63) is 18.0 Å². The summed E-state index contributed by atoms with van der Waals surface area (Å²) in [5, 5.41) is 11.1. The Kier molecular flexibility index (Phi) is 1.39. The van der Waals surface area contributed by atoms with E-state index in [9.17, 15) is 0 Å². The van der Waals surface area contributed by atoms with Crippen LogP contribution in [0, 0.1) is 0 Å². The average Bonchev–Trinajstić information content (AvgIpc) is 2.05. The van der Waals surface area contributed by atoms with Crippen LogP contribution in [0.25, 0.3) is 6.08 Å². The quantitative estimate of drug-likeness (QED) is 0.554. The van der Waals surface area contributed by atoms with Crippen LogP contribution in [0.2, 0.25) is 0 Å². The molecule has 0 fully saturated rings. The molecule has 0 bridgehead atoms. The highest BCUT2D eigenvalue weighted by Gasteiger charge is 2.04. The van der Waals surface area contributed by atoms with Crippen LogP contribution in [0.1, 0.15) is 5.69 Å². The first-order valence-corrected chi connectivity index (χ1v) is 3.93. The topological polar surface area (TPSA) is 38.7 Å². The number of hydrogen-bond acceptors (Lipinski definition) is 4. The minimum Gasteiger partial charge on any atom is -0.138 e. The Morgan fingerprint density at radius 3 is 3.40 bits per heavy atom. The molecule has 50 valence electrons. The fraction of sp³-hybridized carbons (Fsp3) is 0.167. The van der Waals surface area contributed by atoms with E-state index in [1.165, 1.54) is 0 Å². The number of rotatable bonds is 0. The van der Waals surface area contributed by atoms with E-state index in [0.29, 0.717) is 0 Å². The first-order valence-electron chi connectivity index (χ1n) is 2.94. The van der Waals surface area contributed by atoms with Gasteiger partial charge in [-0.15, -0.1) is 22.0 Å². The Morgan fingerprint density at radius 1 is 1.50 bits per heavy atom. The van der Waals surface area contributed by atoms with Gasteiger partial charge in [-0.3, -0.25) is 0 Å². The summed E-state index contributed by atoms with van der Waals surface area (Å²) in [6, 6.07) is 0. The highest BCUT2D eigenvalue weighted by atomic mass is 32.2. The molecule has 0 unspecified atom stereocenters. The molecule has 0 aromatic carbocycles. The maximum atomic E-state index is 3.85. The Labute approximate surface area is 62.5 Å². The second-order valence-electron chi connectivity index (χ2n) is 1.90. The normalized spacial score (nSPS) is 14.8. The molecule has 0 spiro atoms. The molecular weight excluding hydrogens is 146 g/mol. The van der Waals surface area contributed by atoms with Crippen LogP contribution in [-0.2, 0) is 0 Å². The lowest BCUT2D eigenvalue weighted by Gasteiger charge is -2.04. The van der Waals surface area contributed by atoms with Gasteiger partial charge in [0.25, 0.3) is 0 Å². The van der Waals surface area contributed by atoms with E-state index in [2.05, 4.69) is 21.5 Å². The molecular formula is C6H5N3S. The van der Waals surface area contributed by atoms with Gasteiger partial charge in [0, 0.05) is 5.75 Å². The van der Waals surface area contributed by atoms with Gasteiger partial charge in [0.1, 0.15) is 5.69 Å². The van der Waals surface area contributed by atoms with Crippen molar-refractivity contribution in [1.82, 2.24) is 15.4 Å². The average molecular weight is 151 g/mol. The van der Waals surface area contributed by atoms with Crippen LogP contribution < -0.4 is 0 Å². The van der Waals surface area contributed by atoms with Crippen molar-refractivity contribution in [3.8, 4) is 0 Å². The van der Waals surface area contributed by atoms with Gasteiger partial charge in [-0.1, -0.05) is 6.08 Å². The Hall–Kier alpha value is -0.900. The summed E-state index contributed by atoms with van der Waals surface area (Å²) in [7, 11) is 0. The molecule has 0 saturated carbocycles. The van der Waals surface area contributed by atoms with Gasteiger partial charge in [-0.2, -0.15) is 0 Å². The lowest BCUT2D eigenvalue weighted by Crippen LogP contribution is -1.95. The second kappa shape index (κ2) is 2.38. The molecule has 1 aliphatic rings. The lowest BCUT2D eigenvalue weighted by atomic mass is 10.4. The van der Waals surface area contributed by atoms with Crippen LogP contribution in [-0.4, -0.2) is 21.2 Å². The van der Waals surface area contributed by atoms with Crippen molar-refractivity contribution >= 4 is 17.8 Å². The molecule has 2 rings (SSSR count). The molecule has 1 aromatic rings. The maximum Gasteiger partial charge on any atom is 0.102 e. The first kappa shape index (κ1) is 5.85. The molecule has 4 heteroatoms. The third-order valence-electron chi connectivity index (χ3n) is 1.24. The Morgan fingerprint density at radius 2 is 2.50 bits per heavy atom. The van der Waals surface area contributed by atoms with Crippen molar-refractivity contribution < 1.29 is 0 Å². The standard InChI is InChI=1S/C6H5N3S/c1-2-5-6(10-3-1)4-7-9-8-5/h1-2,4H,3H2. The number of hydrogen-bond donors (Lipinski definition) is 0. The molecule has 3 nitrogen and oxygen atoms in total. The summed E-state index contributed by atoms with van der Waals surface area (Å²) >= 11 is 1.74. The summed E-state index contributed by atoms with van der Waals surface area (Å²) in [6.45, 7) is 0. The van der Waals surface area contributed by atoms with Crippen LogP contribution in [0.3, 0.4) is 0 Å². The molecule has 10 heavy (non-hydrogen) atoms. The molecule has 2 heterocycles. The van der Waals surface area contributed by atoms with E-state index in [-0.39, 0.29) is 0 Å². The van der Waals surface area contributed by atoms with Crippen LogP contribution in [0.5, 0.6) is 0 Å². The van der Waals surface area contributed by atoms with E-state index >= 15 is 0 Å². The number of aromatic nitrogens is 3. The smallest absolute Gasteiger partial charge is 0.102 e. The van der Waals surface area contributed by atoms with Gasteiger partial charge < -0.3 is 0 Å². The van der Waals surface area contributed by atoms with Crippen molar-refractivity contribution in [2.75, 3.05) is 5.75 Å². The van der Waals surface area contributed by atoms with Gasteiger partial charge in [-0.05, 0) is 11.3 Å². The van der Waals surface area contributed by atoms with Crippen molar-refractivity contribution in [3.63, 3.8) is 0 Å². The molecule has 0 N–H and O–H groups in total. The summed E-state index contributed by atoms with van der Waals surface area (Å²) in [6.07, 6.45) is 5.79. The molecule has 0 amide bonds. The molecule has 1 aromatic heterocycles. The van der Waals surface area contributed by atoms with Crippen molar-refractivity contribution in [2.45, 2.75) is 4.90 Å². The molecule has 0 aliphatic carbocycles. The minimum absolute atomic E-state index is 0.936. The summed E-state index contributed by atoms with van der Waals surface area (Å²) in [5.74, 6) is 1.01. The van der Waals surface area contributed by atoms with E-state index in [1.807, 2.05) is 6.08 Å². The van der Waals surface area contributed by atoms with Crippen molar-refractivity contribution in [1.29, 1.82) is 0 Å². The zero-order valence-corrected chi connectivity index (χ0v) is 6.01. The number of thioether (sulfide) groups is 1. The fourth-order valence-corrected chi connectivity index (χ4v) is 1.54. The van der Waals surface area contributed by atoms with Gasteiger partial charge in [0.15, 0.2) is 0 Å². The molecule has 1 aliphatic heterocycles. The molecule has 0 saturated heterocycles. The monoisotopic (exact) mass is 151 g/mol. The van der Waals surface area contributed by atoms with Crippen molar-refractivity contribution in [2.24, 2.45) is 0 Å². The van der Waals surface area contributed by atoms with Crippen LogP contribution >= 0.6 is 11.8 Å². The fourth-order valence-electron chi connectivity index (χ4n) is 0.792. The van der Waals surface area contributed by atoms with Gasteiger partial charge in [0.2, 0.25) is 0 Å². The van der Waals surface area contributed by atoms with E-state index in [1.54, 1.807) is 18.0 Å². The maximum absolute atomic E-state index is 3.85. The predicted octanol–water partition coefficient (Wildman–Crippen LogP) is 0.990. The van der Waals surface area contributed by atoms with Gasteiger partial charge >= 0.3 is 0 Å². The molecule has 0 atom stereocenters. The predicted molar refractivity (Wildman–Crippen MR) is 39.6 cm³/mol. The molecule has 0 radical (unpaired) electrons. The minimum atomic E-state index is 0.936. The zero-order chi connectivity index (χ0) is 6.81. The van der Waals surface area contributed by atoms with E-state index in [0.717, 1.165) is 16.3 Å². The van der Waals surface area contributed by atoms with Gasteiger partial charge in [-0.25, -0.2) is 0 Å². The summed E-state index contributed by atoms with van der Waals surface area (Å²) in [5.41, 5.74) is 0.936. The third kappa shape index (κ3) is 0.903. The number of nitrogens with zero attached hydrogens (tertiary/aromatic N) is 3. The Balaban J connectivity index is 2.54. The SMILES string of the molecule is C1=Cc2nnncc2SC1. The Bertz CT molecular complexity index is 271. The van der Waals surface area contributed by atoms with Crippen LogP contribution in [0.15, 0.2) is 17.2 Å². The summed E-state index contributed by atoms with van der Waals surface area (Å²) < 4.78 is 0. The highest BCUT2D eigenvalue weighted by molar-refractivity contribution is 7.99. The summed E-state index contributed by atoms with van der Waals surface area (Å²) in [4.78, 5) is 1.12.